The largest absolute Gasteiger partial charge is 0.479 e. The van der Waals surface area contributed by atoms with Crippen LogP contribution in [-0.2, 0) is 4.74 Å². The highest BCUT2D eigenvalue weighted by molar-refractivity contribution is 5.88. The normalized spacial score (nSPS) is 12.1. The van der Waals surface area contributed by atoms with Crippen molar-refractivity contribution in [2.45, 2.75) is 19.9 Å². The summed E-state index contributed by atoms with van der Waals surface area (Å²) < 4.78 is 13.8. The Morgan fingerprint density at radius 2 is 1.93 bits per heavy atom. The number of esters is 1. The van der Waals surface area contributed by atoms with E-state index in [2.05, 4.69) is 20.2 Å². The summed E-state index contributed by atoms with van der Waals surface area (Å²) in [6, 6.07) is 10.0. The molecule has 0 saturated carbocycles. The number of methoxy groups -OCH3 is 1. The molecule has 0 aliphatic carbocycles. The molecule has 0 spiro atoms. The minimum Gasteiger partial charge on any atom is -0.479 e. The van der Waals surface area contributed by atoms with E-state index in [-0.39, 0.29) is 12.0 Å². The first kappa shape index (κ1) is 18.6. The Bertz CT molecular complexity index is 1150. The van der Waals surface area contributed by atoms with E-state index in [0.717, 1.165) is 5.56 Å². The van der Waals surface area contributed by atoms with Gasteiger partial charge in [-0.05, 0) is 19.4 Å². The number of ether oxygens (including phenoxy) is 2. The van der Waals surface area contributed by atoms with Crippen molar-refractivity contribution in [2.75, 3.05) is 13.7 Å². The number of benzene rings is 1. The minimum atomic E-state index is -0.448. The fourth-order valence-corrected chi connectivity index (χ4v) is 3.08. The molecule has 0 fully saturated rings. The van der Waals surface area contributed by atoms with Gasteiger partial charge in [0, 0.05) is 6.20 Å². The van der Waals surface area contributed by atoms with Gasteiger partial charge in [0.25, 0.3) is 5.95 Å². The zero-order chi connectivity index (χ0) is 20.4. The first-order chi connectivity index (χ1) is 14.1. The van der Waals surface area contributed by atoms with Crippen LogP contribution in [0.4, 0.5) is 0 Å². The third kappa shape index (κ3) is 3.42. The van der Waals surface area contributed by atoms with Gasteiger partial charge in [-0.15, -0.1) is 0 Å². The number of carbonyl (C=O) groups is 1. The zero-order valence-electron chi connectivity index (χ0n) is 16.3. The van der Waals surface area contributed by atoms with Crippen LogP contribution in [0, 0.1) is 0 Å². The molecule has 4 rings (SSSR count). The third-order valence-electron chi connectivity index (χ3n) is 4.54. The van der Waals surface area contributed by atoms with E-state index >= 15 is 0 Å². The Morgan fingerprint density at radius 1 is 1.14 bits per heavy atom. The fourth-order valence-electron chi connectivity index (χ4n) is 3.08. The van der Waals surface area contributed by atoms with Crippen LogP contribution in [0.25, 0.3) is 17.0 Å². The molecule has 0 unspecified atom stereocenters. The summed E-state index contributed by atoms with van der Waals surface area (Å²) in [6.45, 7) is 4.09. The second kappa shape index (κ2) is 7.70. The Labute approximate surface area is 166 Å². The molecule has 9 nitrogen and oxygen atoms in total. The maximum Gasteiger partial charge on any atom is 0.341 e. The number of hydrogen-bond donors (Lipinski definition) is 0. The van der Waals surface area contributed by atoms with Gasteiger partial charge < -0.3 is 9.47 Å². The van der Waals surface area contributed by atoms with Crippen molar-refractivity contribution < 1.29 is 14.3 Å². The number of hydrogen-bond acceptors (Lipinski definition) is 7. The molecule has 0 bridgehead atoms. The first-order valence-electron chi connectivity index (χ1n) is 9.18. The summed E-state index contributed by atoms with van der Waals surface area (Å²) in [5.41, 5.74) is 2.73. The van der Waals surface area contributed by atoms with Crippen molar-refractivity contribution in [1.29, 1.82) is 0 Å². The minimum absolute atomic E-state index is 0.0304. The van der Waals surface area contributed by atoms with Crippen LogP contribution in [0.15, 0.2) is 48.9 Å². The van der Waals surface area contributed by atoms with E-state index in [0.29, 0.717) is 29.1 Å². The number of nitrogens with zero attached hydrogens (tertiary/aromatic N) is 6. The topological polar surface area (TPSA) is 97.0 Å². The summed E-state index contributed by atoms with van der Waals surface area (Å²) in [5.74, 6) is 0.201. The average molecular weight is 392 g/mol. The van der Waals surface area contributed by atoms with Gasteiger partial charge in [-0.2, -0.15) is 15.2 Å². The molecule has 0 N–H and O–H groups in total. The number of aromatic nitrogens is 6. The molecule has 1 atom stereocenters. The van der Waals surface area contributed by atoms with E-state index in [1.54, 1.807) is 20.2 Å². The Kier molecular flexibility index (Phi) is 4.94. The highest BCUT2D eigenvalue weighted by Crippen LogP contribution is 2.28. The lowest BCUT2D eigenvalue weighted by atomic mass is 10.1. The summed E-state index contributed by atoms with van der Waals surface area (Å²) in [6.07, 6.45) is 4.60. The molecule has 3 heterocycles. The van der Waals surface area contributed by atoms with Gasteiger partial charge in [0.05, 0.1) is 37.7 Å². The van der Waals surface area contributed by atoms with Gasteiger partial charge in [-0.3, -0.25) is 4.68 Å². The summed E-state index contributed by atoms with van der Waals surface area (Å²) in [5, 5.41) is 8.67. The summed E-state index contributed by atoms with van der Waals surface area (Å²) >= 11 is 0. The lowest BCUT2D eigenvalue weighted by molar-refractivity contribution is 0.0526. The van der Waals surface area contributed by atoms with Crippen LogP contribution < -0.4 is 4.74 Å². The molecule has 0 saturated heterocycles. The van der Waals surface area contributed by atoms with E-state index in [1.165, 1.54) is 17.1 Å². The zero-order valence-corrected chi connectivity index (χ0v) is 16.3. The molecule has 29 heavy (non-hydrogen) atoms. The molecular formula is C20H20N6O3. The van der Waals surface area contributed by atoms with E-state index < -0.39 is 5.97 Å². The van der Waals surface area contributed by atoms with Gasteiger partial charge in [0.2, 0.25) is 5.88 Å². The molecule has 0 amide bonds. The molecule has 0 radical (unpaired) electrons. The number of carbonyl (C=O) groups excluding carboxylic acids is 1. The van der Waals surface area contributed by atoms with Gasteiger partial charge >= 0.3 is 5.97 Å². The lowest BCUT2D eigenvalue weighted by Crippen LogP contribution is -2.10. The van der Waals surface area contributed by atoms with Crippen molar-refractivity contribution in [2.24, 2.45) is 0 Å². The van der Waals surface area contributed by atoms with Gasteiger partial charge in [-0.1, -0.05) is 30.3 Å². The molecule has 9 heteroatoms. The lowest BCUT2D eigenvalue weighted by Gasteiger charge is -2.15. The highest BCUT2D eigenvalue weighted by Gasteiger charge is 2.20. The van der Waals surface area contributed by atoms with Crippen molar-refractivity contribution in [3.05, 3.63) is 60.0 Å². The van der Waals surface area contributed by atoms with Crippen LogP contribution in [-0.4, -0.2) is 49.2 Å². The van der Waals surface area contributed by atoms with Crippen molar-refractivity contribution in [3.63, 3.8) is 0 Å². The van der Waals surface area contributed by atoms with Crippen molar-refractivity contribution in [3.8, 4) is 11.8 Å². The predicted octanol–water partition coefficient (Wildman–Crippen LogP) is 2.81. The smallest absolute Gasteiger partial charge is 0.341 e. The van der Waals surface area contributed by atoms with Gasteiger partial charge in [0.1, 0.15) is 11.0 Å². The fraction of sp³-hybridized carbons (Fsp3) is 0.250. The van der Waals surface area contributed by atoms with Crippen molar-refractivity contribution in [1.82, 2.24) is 29.5 Å². The van der Waals surface area contributed by atoms with Crippen LogP contribution in [0.1, 0.15) is 35.8 Å². The molecule has 4 aromatic rings. The van der Waals surface area contributed by atoms with Crippen LogP contribution in [0.2, 0.25) is 0 Å². The Hall–Kier alpha value is -3.75. The molecule has 148 valence electrons. The van der Waals surface area contributed by atoms with E-state index in [9.17, 15) is 4.79 Å². The van der Waals surface area contributed by atoms with Crippen LogP contribution in [0.3, 0.4) is 0 Å². The highest BCUT2D eigenvalue weighted by atomic mass is 16.5. The predicted molar refractivity (Wildman–Crippen MR) is 105 cm³/mol. The van der Waals surface area contributed by atoms with E-state index in [1.807, 2.05) is 41.9 Å². The molecular weight excluding hydrogens is 372 g/mol. The van der Waals surface area contributed by atoms with Crippen LogP contribution in [0.5, 0.6) is 5.88 Å². The first-order valence-corrected chi connectivity index (χ1v) is 9.18. The SMILES string of the molecule is CCOC(=O)c1cnn(-c2nc(OC)c3c(cnn3[C@H](C)c3ccccc3)n2)c1. The Balaban J connectivity index is 1.76. The molecule has 0 aliphatic heterocycles. The summed E-state index contributed by atoms with van der Waals surface area (Å²) in [7, 11) is 1.54. The summed E-state index contributed by atoms with van der Waals surface area (Å²) in [4.78, 5) is 20.9. The standard InChI is InChI=1S/C20H20N6O3/c1-4-29-19(27)15-10-21-25(12-15)20-23-16-11-22-26(17(16)18(24-20)28-3)13(2)14-8-6-5-7-9-14/h5-13H,4H2,1-3H3/t13-/m1/s1. The maximum absolute atomic E-state index is 11.9. The molecule has 3 aromatic heterocycles. The molecule has 1 aromatic carbocycles. The maximum atomic E-state index is 11.9. The number of fused-ring (bicyclic) bond motifs is 1. The quantitative estimate of drug-likeness (QED) is 0.465. The average Bonchev–Trinajstić information content (AvgIpc) is 3.41. The van der Waals surface area contributed by atoms with Gasteiger partial charge in [0.15, 0.2) is 0 Å². The Morgan fingerprint density at radius 3 is 2.66 bits per heavy atom. The number of rotatable bonds is 6. The van der Waals surface area contributed by atoms with Gasteiger partial charge in [-0.25, -0.2) is 14.5 Å². The molecule has 0 aliphatic rings. The van der Waals surface area contributed by atoms with Crippen molar-refractivity contribution >= 4 is 17.0 Å². The second-order valence-corrected chi connectivity index (χ2v) is 6.34. The van der Waals surface area contributed by atoms with Crippen LogP contribution >= 0.6 is 0 Å². The monoisotopic (exact) mass is 392 g/mol. The van der Waals surface area contributed by atoms with E-state index in [4.69, 9.17) is 9.47 Å². The third-order valence-corrected chi connectivity index (χ3v) is 4.54. The second-order valence-electron chi connectivity index (χ2n) is 6.34.